The average molecular weight is 613 g/mol. The summed E-state index contributed by atoms with van der Waals surface area (Å²) in [4.78, 5) is 31.7. The number of methoxy groups -OCH3 is 1. The van der Waals surface area contributed by atoms with Crippen LogP contribution in [0.25, 0.3) is 0 Å². The maximum atomic E-state index is 14.1. The largest absolute Gasteiger partial charge is 0.497 e. The van der Waals surface area contributed by atoms with Crippen molar-refractivity contribution in [2.75, 3.05) is 44.7 Å². The van der Waals surface area contributed by atoms with Crippen molar-refractivity contribution in [3.8, 4) is 5.75 Å². The molecular weight excluding hydrogens is 573 g/mol. The molecule has 2 aliphatic rings. The summed E-state index contributed by atoms with van der Waals surface area (Å²) in [7, 11) is 1.59. The summed E-state index contributed by atoms with van der Waals surface area (Å²) < 4.78 is 49.3. The predicted octanol–water partition coefficient (Wildman–Crippen LogP) is 4.65. The van der Waals surface area contributed by atoms with Crippen LogP contribution in [0.2, 0.25) is 0 Å². The topological polar surface area (TPSA) is 83.8 Å². The second kappa shape index (κ2) is 13.0. The van der Waals surface area contributed by atoms with E-state index in [1.54, 1.807) is 36.7 Å². The number of piperazine rings is 1. The molecule has 9 nitrogen and oxygen atoms in total. The highest BCUT2D eigenvalue weighted by Crippen LogP contribution is 2.33. The number of hydrogen-bond acceptors (Lipinski definition) is 6. The minimum atomic E-state index is -4.64. The molecule has 2 saturated heterocycles. The van der Waals surface area contributed by atoms with Crippen LogP contribution in [0.15, 0.2) is 42.6 Å². The highest BCUT2D eigenvalue weighted by Gasteiger charge is 2.47. The Labute approximate surface area is 255 Å². The van der Waals surface area contributed by atoms with Crippen molar-refractivity contribution in [1.82, 2.24) is 24.8 Å². The SMILES string of the molecule is COc1ccc(N2CCCC(n3cc(CN4CCN(C(=O)C(Cc5c(C)cc(C)cc5C)C(F)(F)F)CC4)nn3)C2=O)cc1. The zero-order valence-electron chi connectivity index (χ0n) is 25.6. The summed E-state index contributed by atoms with van der Waals surface area (Å²) in [5.74, 6) is -2.30. The first-order chi connectivity index (χ1) is 20.9. The van der Waals surface area contributed by atoms with Gasteiger partial charge in [0.25, 0.3) is 5.91 Å². The number of halogens is 3. The van der Waals surface area contributed by atoms with Gasteiger partial charge in [0.05, 0.1) is 19.0 Å². The van der Waals surface area contributed by atoms with Crippen molar-refractivity contribution in [2.45, 2.75) is 58.8 Å². The Morgan fingerprint density at radius 3 is 2.30 bits per heavy atom. The smallest absolute Gasteiger partial charge is 0.400 e. The molecule has 2 atom stereocenters. The lowest BCUT2D eigenvalue weighted by molar-refractivity contribution is -0.189. The molecule has 5 rings (SSSR count). The van der Waals surface area contributed by atoms with Crippen molar-refractivity contribution in [1.29, 1.82) is 0 Å². The summed E-state index contributed by atoms with van der Waals surface area (Å²) in [5.41, 5.74) is 4.56. The highest BCUT2D eigenvalue weighted by atomic mass is 19.4. The van der Waals surface area contributed by atoms with Crippen LogP contribution < -0.4 is 9.64 Å². The van der Waals surface area contributed by atoms with Crippen molar-refractivity contribution < 1.29 is 27.5 Å². The second-order valence-corrected chi connectivity index (χ2v) is 11.8. The molecule has 44 heavy (non-hydrogen) atoms. The summed E-state index contributed by atoms with van der Waals surface area (Å²) >= 11 is 0. The van der Waals surface area contributed by atoms with Crippen LogP contribution in [-0.4, -0.2) is 82.6 Å². The van der Waals surface area contributed by atoms with Gasteiger partial charge in [-0.1, -0.05) is 22.9 Å². The third-order valence-corrected chi connectivity index (χ3v) is 8.68. The maximum absolute atomic E-state index is 14.1. The number of carbonyl (C=O) groups excluding carboxylic acids is 2. The maximum Gasteiger partial charge on any atom is 0.400 e. The molecule has 0 radical (unpaired) electrons. The number of alkyl halides is 3. The molecule has 3 aromatic rings. The fourth-order valence-corrected chi connectivity index (χ4v) is 6.31. The Bertz CT molecular complexity index is 1460. The van der Waals surface area contributed by atoms with E-state index in [9.17, 15) is 22.8 Å². The minimum absolute atomic E-state index is 0.0553. The second-order valence-electron chi connectivity index (χ2n) is 11.8. The number of aromatic nitrogens is 3. The standard InChI is InChI=1S/C32H39F3N6O3/c1-21-16-22(2)27(23(3)17-21)18-28(32(33,34)35)30(42)39-14-12-38(13-15-39)19-24-20-41(37-36-24)29-6-5-11-40(31(29)43)25-7-9-26(44-4)10-8-25/h7-10,16-17,20,28-29H,5-6,11-15,18-19H2,1-4H3. The van der Waals surface area contributed by atoms with E-state index >= 15 is 0 Å². The first-order valence-corrected chi connectivity index (χ1v) is 15.0. The quantitative estimate of drug-likeness (QED) is 0.369. The monoisotopic (exact) mass is 612 g/mol. The van der Waals surface area contributed by atoms with Crippen LogP contribution in [0.3, 0.4) is 0 Å². The molecule has 236 valence electrons. The number of piperidine rings is 1. The van der Waals surface area contributed by atoms with Crippen LogP contribution >= 0.6 is 0 Å². The Hall–Kier alpha value is -3.93. The lowest BCUT2D eigenvalue weighted by atomic mass is 9.90. The summed E-state index contributed by atoms with van der Waals surface area (Å²) in [6, 6.07) is 10.6. The molecule has 0 N–H and O–H groups in total. The first-order valence-electron chi connectivity index (χ1n) is 15.0. The summed E-state index contributed by atoms with van der Waals surface area (Å²) in [6.45, 7) is 7.77. The van der Waals surface area contributed by atoms with E-state index in [-0.39, 0.29) is 25.4 Å². The van der Waals surface area contributed by atoms with Gasteiger partial charge in [-0.15, -0.1) is 5.10 Å². The van der Waals surface area contributed by atoms with Gasteiger partial charge in [0.1, 0.15) is 17.7 Å². The lowest BCUT2D eigenvalue weighted by Crippen LogP contribution is -2.52. The first kappa shape index (κ1) is 31.5. The van der Waals surface area contributed by atoms with Gasteiger partial charge >= 0.3 is 6.18 Å². The average Bonchev–Trinajstić information content (AvgIpc) is 3.44. The van der Waals surface area contributed by atoms with E-state index in [2.05, 4.69) is 10.3 Å². The Kier molecular flexibility index (Phi) is 9.28. The summed E-state index contributed by atoms with van der Waals surface area (Å²) in [5, 5.41) is 8.53. The number of anilines is 1. The number of benzene rings is 2. The number of hydrogen-bond donors (Lipinski definition) is 0. The molecular formula is C32H39F3N6O3. The molecule has 1 aromatic heterocycles. The van der Waals surface area contributed by atoms with Gasteiger partial charge in [-0.25, -0.2) is 4.68 Å². The van der Waals surface area contributed by atoms with Crippen LogP contribution in [-0.2, 0) is 22.6 Å². The number of aryl methyl sites for hydroxylation is 3. The van der Waals surface area contributed by atoms with Gasteiger partial charge in [0.2, 0.25) is 5.91 Å². The summed E-state index contributed by atoms with van der Waals surface area (Å²) in [6.07, 6.45) is -1.77. The van der Waals surface area contributed by atoms with Crippen molar-refractivity contribution in [3.63, 3.8) is 0 Å². The molecule has 0 aliphatic carbocycles. The minimum Gasteiger partial charge on any atom is -0.497 e. The molecule has 2 aromatic carbocycles. The van der Waals surface area contributed by atoms with E-state index in [1.165, 1.54) is 4.90 Å². The highest BCUT2D eigenvalue weighted by molar-refractivity contribution is 5.96. The zero-order chi connectivity index (χ0) is 31.6. The van der Waals surface area contributed by atoms with Gasteiger partial charge in [-0.2, -0.15) is 13.2 Å². The van der Waals surface area contributed by atoms with Crippen LogP contribution in [0.1, 0.15) is 46.8 Å². The van der Waals surface area contributed by atoms with Gasteiger partial charge in [-0.05, 0) is 81.0 Å². The van der Waals surface area contributed by atoms with Crippen molar-refractivity contribution in [3.05, 3.63) is 70.5 Å². The molecule has 2 unspecified atom stereocenters. The predicted molar refractivity (Wildman–Crippen MR) is 159 cm³/mol. The van der Waals surface area contributed by atoms with E-state index in [0.717, 1.165) is 28.8 Å². The fraction of sp³-hybridized carbons (Fsp3) is 0.500. The fourth-order valence-electron chi connectivity index (χ4n) is 6.31. The van der Waals surface area contributed by atoms with E-state index < -0.39 is 24.0 Å². The van der Waals surface area contributed by atoms with Crippen LogP contribution in [0.5, 0.6) is 5.75 Å². The number of carbonyl (C=O) groups is 2. The molecule has 2 aliphatic heterocycles. The van der Waals surface area contributed by atoms with Crippen molar-refractivity contribution >= 4 is 17.5 Å². The molecule has 0 spiro atoms. The Morgan fingerprint density at radius 2 is 1.68 bits per heavy atom. The number of rotatable bonds is 8. The lowest BCUT2D eigenvalue weighted by Gasteiger charge is -2.36. The third kappa shape index (κ3) is 6.90. The van der Waals surface area contributed by atoms with E-state index in [0.29, 0.717) is 49.6 Å². The molecule has 0 bridgehead atoms. The number of amides is 2. The number of ether oxygens (including phenoxy) is 1. The Balaban J connectivity index is 1.18. The van der Waals surface area contributed by atoms with Gasteiger partial charge in [0, 0.05) is 45.0 Å². The van der Waals surface area contributed by atoms with E-state index in [4.69, 9.17) is 4.74 Å². The van der Waals surface area contributed by atoms with Crippen LogP contribution in [0.4, 0.5) is 18.9 Å². The van der Waals surface area contributed by atoms with Gasteiger partial charge < -0.3 is 14.5 Å². The molecule has 2 amide bonds. The molecule has 2 fully saturated rings. The molecule has 3 heterocycles. The third-order valence-electron chi connectivity index (χ3n) is 8.68. The van der Waals surface area contributed by atoms with E-state index in [1.807, 2.05) is 48.2 Å². The Morgan fingerprint density at radius 1 is 1.02 bits per heavy atom. The molecule has 12 heteroatoms. The zero-order valence-corrected chi connectivity index (χ0v) is 25.6. The van der Waals surface area contributed by atoms with Crippen LogP contribution in [0, 0.1) is 26.7 Å². The normalized spacial score (nSPS) is 18.9. The molecule has 0 saturated carbocycles. The number of nitrogens with zero attached hydrogens (tertiary/aromatic N) is 6. The van der Waals surface area contributed by atoms with Crippen molar-refractivity contribution in [2.24, 2.45) is 5.92 Å². The van der Waals surface area contributed by atoms with Gasteiger partial charge in [0.15, 0.2) is 0 Å². The van der Waals surface area contributed by atoms with Gasteiger partial charge in [-0.3, -0.25) is 14.5 Å².